The highest BCUT2D eigenvalue weighted by atomic mass is 16.7. The third kappa shape index (κ3) is 12.5. The van der Waals surface area contributed by atoms with Crippen LogP contribution in [0.4, 0.5) is 0 Å². The van der Waals surface area contributed by atoms with Crippen LogP contribution in [0.15, 0.2) is 22.8 Å². The van der Waals surface area contributed by atoms with Gasteiger partial charge in [-0.05, 0) is 12.1 Å². The number of carbonyl (C=O) groups excluding carboxylic acids is 1. The van der Waals surface area contributed by atoms with E-state index in [1.54, 1.807) is 12.1 Å². The molecular weight excluding hydrogens is 760 g/mol. The molecule has 0 amide bonds. The van der Waals surface area contributed by atoms with Crippen molar-refractivity contribution in [2.75, 3.05) is 39.6 Å². The molecular formula is C30H50O25. The van der Waals surface area contributed by atoms with Gasteiger partial charge in [0.25, 0.3) is 0 Å². The van der Waals surface area contributed by atoms with E-state index in [4.69, 9.17) is 64.5 Å². The Kier molecular flexibility index (Phi) is 18.7. The van der Waals surface area contributed by atoms with Crippen LogP contribution in [0.5, 0.6) is 0 Å². The van der Waals surface area contributed by atoms with Crippen molar-refractivity contribution in [3.8, 4) is 0 Å². The monoisotopic (exact) mass is 810 g/mol. The fourth-order valence-corrected chi connectivity index (χ4v) is 5.14. The third-order valence-corrected chi connectivity index (χ3v) is 8.65. The van der Waals surface area contributed by atoms with Gasteiger partial charge in [-0.1, -0.05) is 0 Å². The number of aliphatic hydroxyl groups excluding tert-OH is 15. The Morgan fingerprint density at radius 2 is 1.05 bits per heavy atom. The van der Waals surface area contributed by atoms with Crippen molar-refractivity contribution in [2.45, 2.75) is 116 Å². The summed E-state index contributed by atoms with van der Waals surface area (Å²) < 4.78 is 39.5. The van der Waals surface area contributed by atoms with Crippen LogP contribution in [0.1, 0.15) is 10.6 Å². The van der Waals surface area contributed by atoms with Gasteiger partial charge in [-0.3, -0.25) is 4.79 Å². The van der Waals surface area contributed by atoms with Crippen molar-refractivity contribution in [3.63, 3.8) is 0 Å². The van der Waals surface area contributed by atoms with E-state index in [0.29, 0.717) is 12.0 Å². The zero-order valence-corrected chi connectivity index (χ0v) is 28.8. The molecule has 5 fully saturated rings. The molecule has 6 unspecified atom stereocenters. The minimum atomic E-state index is -1.97. The first-order valence-electron chi connectivity index (χ1n) is 16.6. The van der Waals surface area contributed by atoms with Gasteiger partial charge in [0.2, 0.25) is 5.79 Å². The van der Waals surface area contributed by atoms with E-state index >= 15 is 0 Å². The molecule has 1 aromatic heterocycles. The van der Waals surface area contributed by atoms with Crippen LogP contribution < -0.4 is 0 Å². The molecule has 320 valence electrons. The summed E-state index contributed by atoms with van der Waals surface area (Å²) >= 11 is 0. The van der Waals surface area contributed by atoms with Crippen LogP contribution in [-0.2, 0) is 33.2 Å². The molecule has 0 aromatic carbocycles. The van der Waals surface area contributed by atoms with Crippen LogP contribution in [0, 0.1) is 0 Å². The first-order valence-corrected chi connectivity index (χ1v) is 16.6. The van der Waals surface area contributed by atoms with E-state index in [1.165, 1.54) is 6.26 Å². The van der Waals surface area contributed by atoms with Gasteiger partial charge in [-0.15, -0.1) is 0 Å². The third-order valence-electron chi connectivity index (χ3n) is 8.65. The minimum absolute atomic E-state index is 0.153. The van der Waals surface area contributed by atoms with Crippen molar-refractivity contribution < 1.29 is 124 Å². The summed E-state index contributed by atoms with van der Waals surface area (Å²) in [7, 11) is 0. The highest BCUT2D eigenvalue weighted by Crippen LogP contribution is 2.27. The van der Waals surface area contributed by atoms with Crippen molar-refractivity contribution in [3.05, 3.63) is 24.2 Å². The number of aliphatic hydroxyl groups is 16. The average molecular weight is 811 g/mol. The molecule has 0 spiro atoms. The molecule has 6 rings (SSSR count). The Bertz CT molecular complexity index is 1170. The molecule has 5 aliphatic heterocycles. The first-order chi connectivity index (χ1) is 25.9. The van der Waals surface area contributed by atoms with Gasteiger partial charge >= 0.3 is 0 Å². The maximum absolute atomic E-state index is 10.3. The van der Waals surface area contributed by atoms with Crippen LogP contribution in [0.2, 0.25) is 0 Å². The highest BCUT2D eigenvalue weighted by molar-refractivity contribution is 5.69. The number of hydrogen-bond donors (Lipinski definition) is 16. The second-order valence-corrected chi connectivity index (χ2v) is 12.7. The topological polar surface area (TPSA) is 419 Å². The van der Waals surface area contributed by atoms with Crippen LogP contribution >= 0.6 is 0 Å². The van der Waals surface area contributed by atoms with Gasteiger partial charge in [0.15, 0.2) is 37.2 Å². The van der Waals surface area contributed by atoms with Gasteiger partial charge in [-0.25, -0.2) is 0 Å². The molecule has 16 N–H and O–H groups in total. The van der Waals surface area contributed by atoms with Crippen molar-refractivity contribution in [1.29, 1.82) is 0 Å². The Balaban J connectivity index is 0.000000242. The fraction of sp³-hybridized carbons (Fsp3) is 0.833. The molecule has 1 aromatic rings. The number of aldehydes is 1. The van der Waals surface area contributed by atoms with E-state index in [9.17, 15) is 45.6 Å². The Labute approximate surface area is 310 Å². The predicted molar refractivity (Wildman–Crippen MR) is 167 cm³/mol. The van der Waals surface area contributed by atoms with Gasteiger partial charge in [0.05, 0.1) is 45.9 Å². The van der Waals surface area contributed by atoms with E-state index in [0.717, 1.165) is 0 Å². The van der Waals surface area contributed by atoms with Crippen molar-refractivity contribution in [2.24, 2.45) is 0 Å². The molecule has 55 heavy (non-hydrogen) atoms. The Morgan fingerprint density at radius 1 is 0.600 bits per heavy atom. The largest absolute Gasteiger partial charge is 0.462 e. The van der Waals surface area contributed by atoms with Crippen molar-refractivity contribution >= 4 is 6.29 Å². The summed E-state index contributed by atoms with van der Waals surface area (Å²) in [5.41, 5.74) is 0. The predicted octanol–water partition coefficient (Wildman–Crippen LogP) is -9.73. The summed E-state index contributed by atoms with van der Waals surface area (Å²) in [6.07, 6.45) is -22.9. The van der Waals surface area contributed by atoms with Crippen LogP contribution in [-0.4, -0.2) is 244 Å². The molecule has 5 aliphatic rings. The molecule has 6 heterocycles. The number of furan rings is 1. The first kappa shape index (κ1) is 47.4. The Morgan fingerprint density at radius 3 is 1.49 bits per heavy atom. The lowest BCUT2D eigenvalue weighted by Gasteiger charge is -2.43. The molecule has 25 nitrogen and oxygen atoms in total. The lowest BCUT2D eigenvalue weighted by atomic mass is 10.0. The van der Waals surface area contributed by atoms with E-state index in [-0.39, 0.29) is 33.0 Å². The highest BCUT2D eigenvalue weighted by Gasteiger charge is 2.48. The van der Waals surface area contributed by atoms with Gasteiger partial charge in [0.1, 0.15) is 85.5 Å². The zero-order chi connectivity index (χ0) is 41.2. The summed E-state index contributed by atoms with van der Waals surface area (Å²) in [5, 5.41) is 149. The summed E-state index contributed by atoms with van der Waals surface area (Å²) in [4.78, 5) is 9.77. The molecule has 0 radical (unpaired) electrons. The average Bonchev–Trinajstić information content (AvgIpc) is 3.81. The van der Waals surface area contributed by atoms with Crippen LogP contribution in [0.25, 0.3) is 0 Å². The lowest BCUT2D eigenvalue weighted by Crippen LogP contribution is -2.61. The maximum atomic E-state index is 10.3. The van der Waals surface area contributed by atoms with E-state index in [2.05, 4.69) is 13.9 Å². The minimum Gasteiger partial charge on any atom is -0.462 e. The molecule has 5 saturated heterocycles. The quantitative estimate of drug-likeness (QED) is 0.119. The van der Waals surface area contributed by atoms with Gasteiger partial charge in [0, 0.05) is 0 Å². The van der Waals surface area contributed by atoms with E-state index in [1.807, 2.05) is 0 Å². The van der Waals surface area contributed by atoms with E-state index < -0.39 is 123 Å². The van der Waals surface area contributed by atoms with Gasteiger partial charge < -0.3 is 119 Å². The Hall–Kier alpha value is -1.97. The lowest BCUT2D eigenvalue weighted by molar-refractivity contribution is -0.346. The zero-order valence-electron chi connectivity index (χ0n) is 28.8. The summed E-state index contributed by atoms with van der Waals surface area (Å²) in [5.74, 6) is -1.60. The smallest absolute Gasteiger partial charge is 0.218 e. The van der Waals surface area contributed by atoms with Crippen LogP contribution in [0.3, 0.4) is 0 Å². The molecule has 0 saturated carbocycles. The normalized spacial score (nSPS) is 45.8. The standard InChI is InChI=1S/C15H26O13.2C5H10O5.C5H4O2/c16-4-1-25-14(11(21)7(4)17)28-6-3-26-15(12(22)9(6)19)27-5-2-24-13(23)10(20)8(5)18;6-2-5(9)4(8)3(7)1-10-5;6-2-1-10-5(9)4(8)3(2)7;6-4-5-2-1-3-7-5/h4-23H,1-3H2;3-4,6-9H,1-2H2;2-9H,1H2;1-4H/t4-,5-,6-,7-,8-,9-,10?,11?,12?,13?,14+,15+;3-,4?,5-;2-,3-,4?,5+;/m101./s1. The molecule has 19 atom stereocenters. The maximum Gasteiger partial charge on any atom is 0.218 e. The second-order valence-electron chi connectivity index (χ2n) is 12.7. The number of ether oxygens (including phenoxy) is 7. The summed E-state index contributed by atoms with van der Waals surface area (Å²) in [6.45, 7) is -1.91. The number of rotatable bonds is 6. The van der Waals surface area contributed by atoms with Crippen molar-refractivity contribution in [1.82, 2.24) is 0 Å². The number of hydrogen-bond acceptors (Lipinski definition) is 25. The second kappa shape index (κ2) is 21.7. The van der Waals surface area contributed by atoms with Gasteiger partial charge in [-0.2, -0.15) is 0 Å². The summed E-state index contributed by atoms with van der Waals surface area (Å²) in [6, 6.07) is 3.27. The molecule has 0 bridgehead atoms. The number of carbonyl (C=O) groups is 1. The molecule has 25 heteroatoms. The molecule has 0 aliphatic carbocycles. The SMILES string of the molecule is O=Cc1ccco1.OC1OC[C@@H](O[C@@H]2OC[C@@H](O[C@@H]3OC[C@@H](O)[C@@H](O)C3O)[C@@H](O)C2O)[C@@H](O)C1O.OC1[C@@H](O)OC[C@@H](O)[C@H]1O.OC[C@]1(O)OC[C@H](O)C1O. The fourth-order valence-electron chi connectivity index (χ4n) is 5.14.